The van der Waals surface area contributed by atoms with Crippen molar-refractivity contribution in [3.05, 3.63) is 51.5 Å². The Labute approximate surface area is 112 Å². The van der Waals surface area contributed by atoms with E-state index in [2.05, 4.69) is 41.5 Å². The van der Waals surface area contributed by atoms with E-state index in [0.29, 0.717) is 6.04 Å². The number of nitrogens with one attached hydrogen (secondary N) is 1. The van der Waals surface area contributed by atoms with Crippen molar-refractivity contribution >= 4 is 11.3 Å². The first-order valence-electron chi connectivity index (χ1n) is 6.53. The van der Waals surface area contributed by atoms with Crippen LogP contribution in [0.25, 0.3) is 0 Å². The molecule has 1 heterocycles. The van der Waals surface area contributed by atoms with Gasteiger partial charge in [0.1, 0.15) is 5.01 Å². The normalized spacial score (nSPS) is 18.6. The Morgan fingerprint density at radius 2 is 2.17 bits per heavy atom. The third-order valence-electron chi connectivity index (χ3n) is 3.56. The van der Waals surface area contributed by atoms with Crippen molar-refractivity contribution in [2.75, 3.05) is 0 Å². The average Bonchev–Trinajstić information content (AvgIpc) is 2.82. The molecule has 0 saturated heterocycles. The van der Waals surface area contributed by atoms with Crippen LogP contribution in [0.15, 0.2) is 30.5 Å². The zero-order chi connectivity index (χ0) is 12.4. The van der Waals surface area contributed by atoms with Gasteiger partial charge in [-0.15, -0.1) is 11.3 Å². The summed E-state index contributed by atoms with van der Waals surface area (Å²) in [7, 11) is 0. The third kappa shape index (κ3) is 2.62. The number of aryl methyl sites for hydroxylation is 2. The summed E-state index contributed by atoms with van der Waals surface area (Å²) in [5.74, 6) is 0. The summed E-state index contributed by atoms with van der Waals surface area (Å²) in [4.78, 5) is 5.69. The zero-order valence-electron chi connectivity index (χ0n) is 10.6. The smallest absolute Gasteiger partial charge is 0.107 e. The summed E-state index contributed by atoms with van der Waals surface area (Å²) in [6.07, 6.45) is 5.55. The number of fused-ring (bicyclic) bond motifs is 1. The molecule has 94 valence electrons. The first-order valence-corrected chi connectivity index (χ1v) is 7.34. The predicted molar refractivity (Wildman–Crippen MR) is 75.9 cm³/mol. The van der Waals surface area contributed by atoms with Crippen molar-refractivity contribution in [1.29, 1.82) is 0 Å². The van der Waals surface area contributed by atoms with Crippen LogP contribution in [0.3, 0.4) is 0 Å². The molecule has 1 aliphatic rings. The molecule has 0 aliphatic heterocycles. The van der Waals surface area contributed by atoms with Gasteiger partial charge in [-0.05, 0) is 37.3 Å². The van der Waals surface area contributed by atoms with Gasteiger partial charge in [-0.1, -0.05) is 24.3 Å². The SMILES string of the molecule is Cc1cnc(CN[C@@H]2CCc3ccccc3C2)s1. The van der Waals surface area contributed by atoms with Crippen LogP contribution in [0.5, 0.6) is 0 Å². The van der Waals surface area contributed by atoms with E-state index in [1.54, 1.807) is 11.3 Å². The fourth-order valence-electron chi connectivity index (χ4n) is 2.59. The summed E-state index contributed by atoms with van der Waals surface area (Å²) in [5.41, 5.74) is 3.04. The summed E-state index contributed by atoms with van der Waals surface area (Å²) in [5, 5.41) is 4.84. The van der Waals surface area contributed by atoms with E-state index in [4.69, 9.17) is 0 Å². The predicted octanol–water partition coefficient (Wildman–Crippen LogP) is 3.10. The highest BCUT2D eigenvalue weighted by molar-refractivity contribution is 7.11. The van der Waals surface area contributed by atoms with Gasteiger partial charge in [0.2, 0.25) is 0 Å². The lowest BCUT2D eigenvalue weighted by molar-refractivity contribution is 0.457. The summed E-state index contributed by atoms with van der Waals surface area (Å²) in [6, 6.07) is 9.41. The monoisotopic (exact) mass is 258 g/mol. The topological polar surface area (TPSA) is 24.9 Å². The molecule has 1 aromatic heterocycles. The molecule has 1 atom stereocenters. The van der Waals surface area contributed by atoms with Gasteiger partial charge in [-0.25, -0.2) is 4.98 Å². The maximum absolute atomic E-state index is 4.40. The second kappa shape index (κ2) is 5.21. The second-order valence-electron chi connectivity index (χ2n) is 4.95. The maximum Gasteiger partial charge on any atom is 0.107 e. The summed E-state index contributed by atoms with van der Waals surface area (Å²) >= 11 is 1.79. The molecule has 0 amide bonds. The van der Waals surface area contributed by atoms with E-state index >= 15 is 0 Å². The quantitative estimate of drug-likeness (QED) is 0.915. The van der Waals surface area contributed by atoms with Crippen LogP contribution in [0, 0.1) is 6.92 Å². The Morgan fingerprint density at radius 1 is 1.33 bits per heavy atom. The summed E-state index contributed by atoms with van der Waals surface area (Å²) < 4.78 is 0. The van der Waals surface area contributed by atoms with Crippen molar-refractivity contribution in [3.8, 4) is 0 Å². The van der Waals surface area contributed by atoms with Crippen LogP contribution in [-0.4, -0.2) is 11.0 Å². The molecule has 0 bridgehead atoms. The minimum atomic E-state index is 0.601. The molecule has 3 rings (SSSR count). The molecule has 3 heteroatoms. The van der Waals surface area contributed by atoms with Crippen molar-refractivity contribution in [3.63, 3.8) is 0 Å². The molecule has 0 saturated carbocycles. The average molecular weight is 258 g/mol. The fourth-order valence-corrected chi connectivity index (χ4v) is 3.32. The maximum atomic E-state index is 4.40. The Kier molecular flexibility index (Phi) is 3.43. The molecule has 0 radical (unpaired) electrons. The first kappa shape index (κ1) is 11.9. The van der Waals surface area contributed by atoms with Crippen LogP contribution in [0.2, 0.25) is 0 Å². The molecule has 0 spiro atoms. The number of hydrogen-bond donors (Lipinski definition) is 1. The van der Waals surface area contributed by atoms with Gasteiger partial charge in [-0.3, -0.25) is 0 Å². The summed E-state index contributed by atoms with van der Waals surface area (Å²) in [6.45, 7) is 3.02. The van der Waals surface area contributed by atoms with Gasteiger partial charge in [0.05, 0.1) is 0 Å². The number of benzene rings is 1. The lowest BCUT2D eigenvalue weighted by Gasteiger charge is -2.25. The Bertz CT molecular complexity index is 533. The van der Waals surface area contributed by atoms with Gasteiger partial charge in [0.25, 0.3) is 0 Å². The number of thiazole rings is 1. The lowest BCUT2D eigenvalue weighted by atomic mass is 9.88. The number of nitrogens with zero attached hydrogens (tertiary/aromatic N) is 1. The van der Waals surface area contributed by atoms with E-state index in [9.17, 15) is 0 Å². The molecule has 2 aromatic rings. The number of hydrogen-bond acceptors (Lipinski definition) is 3. The minimum Gasteiger partial charge on any atom is -0.307 e. The van der Waals surface area contributed by atoms with Crippen molar-refractivity contribution in [2.24, 2.45) is 0 Å². The minimum absolute atomic E-state index is 0.601. The second-order valence-corrected chi connectivity index (χ2v) is 6.27. The van der Waals surface area contributed by atoms with E-state index in [0.717, 1.165) is 13.0 Å². The molecule has 0 fully saturated rings. The van der Waals surface area contributed by atoms with E-state index in [-0.39, 0.29) is 0 Å². The van der Waals surface area contributed by atoms with Crippen LogP contribution in [0.4, 0.5) is 0 Å². The third-order valence-corrected chi connectivity index (χ3v) is 4.47. The van der Waals surface area contributed by atoms with Crippen LogP contribution >= 0.6 is 11.3 Å². The van der Waals surface area contributed by atoms with Crippen molar-refractivity contribution in [1.82, 2.24) is 10.3 Å². The van der Waals surface area contributed by atoms with Crippen LogP contribution in [-0.2, 0) is 19.4 Å². The Hall–Kier alpha value is -1.19. The highest BCUT2D eigenvalue weighted by atomic mass is 32.1. The molecular weight excluding hydrogens is 240 g/mol. The highest BCUT2D eigenvalue weighted by Crippen LogP contribution is 2.21. The number of rotatable bonds is 3. The fraction of sp³-hybridized carbons (Fsp3) is 0.400. The number of aromatic nitrogens is 1. The van der Waals surface area contributed by atoms with Gasteiger partial charge in [-0.2, -0.15) is 0 Å². The molecule has 2 nitrogen and oxygen atoms in total. The molecule has 1 aliphatic carbocycles. The van der Waals surface area contributed by atoms with Gasteiger partial charge < -0.3 is 5.32 Å². The van der Waals surface area contributed by atoms with E-state index < -0.39 is 0 Å². The lowest BCUT2D eigenvalue weighted by Crippen LogP contribution is -2.34. The van der Waals surface area contributed by atoms with Gasteiger partial charge in [0.15, 0.2) is 0 Å². The zero-order valence-corrected chi connectivity index (χ0v) is 11.5. The highest BCUT2D eigenvalue weighted by Gasteiger charge is 2.17. The Balaban J connectivity index is 1.59. The Morgan fingerprint density at radius 3 is 2.94 bits per heavy atom. The standard InChI is InChI=1S/C15H18N2S/c1-11-9-17-15(18-11)10-16-14-7-6-12-4-2-3-5-13(12)8-14/h2-5,9,14,16H,6-8,10H2,1H3/t14-/m1/s1. The van der Waals surface area contributed by atoms with Gasteiger partial charge >= 0.3 is 0 Å². The van der Waals surface area contributed by atoms with Crippen LogP contribution < -0.4 is 5.32 Å². The van der Waals surface area contributed by atoms with Crippen molar-refractivity contribution in [2.45, 2.75) is 38.8 Å². The first-order chi connectivity index (χ1) is 8.81. The van der Waals surface area contributed by atoms with Crippen molar-refractivity contribution < 1.29 is 0 Å². The molecule has 18 heavy (non-hydrogen) atoms. The van der Waals surface area contributed by atoms with Crippen LogP contribution in [0.1, 0.15) is 27.4 Å². The molecule has 1 aromatic carbocycles. The van der Waals surface area contributed by atoms with E-state index in [1.807, 2.05) is 6.20 Å². The van der Waals surface area contributed by atoms with E-state index in [1.165, 1.54) is 33.9 Å². The molecule has 0 unspecified atom stereocenters. The molecule has 1 N–H and O–H groups in total. The largest absolute Gasteiger partial charge is 0.307 e. The van der Waals surface area contributed by atoms with Gasteiger partial charge in [0, 0.05) is 23.7 Å². The molecular formula is C15H18N2S.